The molecule has 1 saturated carbocycles. The van der Waals surface area contributed by atoms with Crippen molar-refractivity contribution >= 4 is 15.5 Å². The average Bonchev–Trinajstić information content (AvgIpc) is 2.47. The van der Waals surface area contributed by atoms with Crippen molar-refractivity contribution < 1.29 is 8.42 Å². The molecule has 0 spiro atoms. The molecule has 0 heterocycles. The standard InChI is InChI=1S/C15H24N2O2S/c1-2-20(18,19)15-6-4-3-5-14(15)17-11-12-7-9-13(16)10-8-12/h3-6,12-13,17H,2,7-11,16H2,1H3. The van der Waals surface area contributed by atoms with Gasteiger partial charge in [-0.3, -0.25) is 0 Å². The molecule has 20 heavy (non-hydrogen) atoms. The second-order valence-corrected chi connectivity index (χ2v) is 7.81. The molecule has 1 aromatic carbocycles. The van der Waals surface area contributed by atoms with Crippen LogP contribution in [0.5, 0.6) is 0 Å². The molecule has 1 aromatic rings. The second-order valence-electron chi connectivity index (χ2n) is 5.56. The fourth-order valence-corrected chi connectivity index (χ4v) is 3.76. The molecule has 0 unspecified atom stereocenters. The highest BCUT2D eigenvalue weighted by molar-refractivity contribution is 7.91. The lowest BCUT2D eigenvalue weighted by molar-refractivity contribution is 0.338. The van der Waals surface area contributed by atoms with Gasteiger partial charge in [0.1, 0.15) is 0 Å². The third kappa shape index (κ3) is 3.73. The Morgan fingerprint density at radius 3 is 2.50 bits per heavy atom. The first-order chi connectivity index (χ1) is 9.53. The van der Waals surface area contributed by atoms with Gasteiger partial charge >= 0.3 is 0 Å². The monoisotopic (exact) mass is 296 g/mol. The highest BCUT2D eigenvalue weighted by atomic mass is 32.2. The van der Waals surface area contributed by atoms with Crippen molar-refractivity contribution in [2.45, 2.75) is 43.5 Å². The van der Waals surface area contributed by atoms with Crippen molar-refractivity contribution in [3.63, 3.8) is 0 Å². The van der Waals surface area contributed by atoms with Gasteiger partial charge in [-0.1, -0.05) is 19.1 Å². The van der Waals surface area contributed by atoms with Crippen LogP contribution in [0.1, 0.15) is 32.6 Å². The van der Waals surface area contributed by atoms with E-state index in [0.29, 0.717) is 16.9 Å². The number of benzene rings is 1. The molecule has 5 heteroatoms. The normalized spacial score (nSPS) is 23.5. The Bertz CT molecular complexity index is 535. The first kappa shape index (κ1) is 15.3. The summed E-state index contributed by atoms with van der Waals surface area (Å²) < 4.78 is 24.1. The fourth-order valence-electron chi connectivity index (χ4n) is 2.69. The van der Waals surface area contributed by atoms with Crippen LogP contribution in [0.25, 0.3) is 0 Å². The van der Waals surface area contributed by atoms with E-state index in [2.05, 4.69) is 5.32 Å². The highest BCUT2D eigenvalue weighted by Gasteiger charge is 2.20. The van der Waals surface area contributed by atoms with E-state index in [9.17, 15) is 8.42 Å². The molecule has 0 aliphatic heterocycles. The summed E-state index contributed by atoms with van der Waals surface area (Å²) in [7, 11) is -3.17. The zero-order chi connectivity index (χ0) is 14.6. The summed E-state index contributed by atoms with van der Waals surface area (Å²) in [6, 6.07) is 7.51. The largest absolute Gasteiger partial charge is 0.384 e. The summed E-state index contributed by atoms with van der Waals surface area (Å²) in [6.07, 6.45) is 4.39. The van der Waals surface area contributed by atoms with E-state index in [-0.39, 0.29) is 5.75 Å². The molecular formula is C15H24N2O2S. The number of sulfone groups is 1. The molecule has 0 saturated heterocycles. The molecule has 2 rings (SSSR count). The maximum atomic E-state index is 12.1. The Balaban J connectivity index is 2.03. The molecule has 112 valence electrons. The quantitative estimate of drug-likeness (QED) is 0.875. The molecule has 0 radical (unpaired) electrons. The van der Waals surface area contributed by atoms with Crippen molar-refractivity contribution in [1.29, 1.82) is 0 Å². The molecular weight excluding hydrogens is 272 g/mol. The van der Waals surface area contributed by atoms with Crippen molar-refractivity contribution in [3.8, 4) is 0 Å². The van der Waals surface area contributed by atoms with E-state index in [1.807, 2.05) is 12.1 Å². The van der Waals surface area contributed by atoms with Crippen molar-refractivity contribution in [1.82, 2.24) is 0 Å². The van der Waals surface area contributed by atoms with E-state index in [1.165, 1.54) is 0 Å². The molecule has 0 amide bonds. The Morgan fingerprint density at radius 2 is 1.85 bits per heavy atom. The van der Waals surface area contributed by atoms with Crippen LogP contribution in [0.2, 0.25) is 0 Å². The molecule has 1 fully saturated rings. The molecule has 0 aromatic heterocycles. The fraction of sp³-hybridized carbons (Fsp3) is 0.600. The summed E-state index contributed by atoms with van der Waals surface area (Å²) in [6.45, 7) is 2.50. The minimum absolute atomic E-state index is 0.129. The van der Waals surface area contributed by atoms with Gasteiger partial charge in [-0.25, -0.2) is 8.42 Å². The summed E-state index contributed by atoms with van der Waals surface area (Å²) in [5, 5.41) is 3.32. The van der Waals surface area contributed by atoms with Gasteiger partial charge in [-0.2, -0.15) is 0 Å². The Morgan fingerprint density at radius 1 is 1.20 bits per heavy atom. The van der Waals surface area contributed by atoms with Gasteiger partial charge in [0.05, 0.1) is 16.3 Å². The first-order valence-electron chi connectivity index (χ1n) is 7.34. The van der Waals surface area contributed by atoms with Crippen LogP contribution in [0.4, 0.5) is 5.69 Å². The summed E-state index contributed by atoms with van der Waals surface area (Å²) in [5.41, 5.74) is 6.63. The van der Waals surface area contributed by atoms with E-state index < -0.39 is 9.84 Å². The summed E-state index contributed by atoms with van der Waals surface area (Å²) >= 11 is 0. The average molecular weight is 296 g/mol. The van der Waals surface area contributed by atoms with E-state index in [1.54, 1.807) is 19.1 Å². The zero-order valence-corrected chi connectivity index (χ0v) is 12.8. The van der Waals surface area contributed by atoms with Gasteiger partial charge < -0.3 is 11.1 Å². The van der Waals surface area contributed by atoms with Crippen LogP contribution < -0.4 is 11.1 Å². The van der Waals surface area contributed by atoms with Crippen LogP contribution in [0, 0.1) is 5.92 Å². The van der Waals surface area contributed by atoms with Crippen LogP contribution in [0.3, 0.4) is 0 Å². The van der Waals surface area contributed by atoms with Crippen molar-refractivity contribution in [3.05, 3.63) is 24.3 Å². The third-order valence-electron chi connectivity index (χ3n) is 4.07. The number of anilines is 1. The minimum atomic E-state index is -3.17. The molecule has 1 aliphatic rings. The Hall–Kier alpha value is -1.07. The van der Waals surface area contributed by atoms with Gasteiger partial charge in [0, 0.05) is 12.6 Å². The number of hydrogen-bond donors (Lipinski definition) is 2. The third-order valence-corrected chi connectivity index (χ3v) is 5.86. The van der Waals surface area contributed by atoms with Crippen LogP contribution in [0.15, 0.2) is 29.2 Å². The maximum absolute atomic E-state index is 12.1. The van der Waals surface area contributed by atoms with Crippen molar-refractivity contribution in [2.24, 2.45) is 11.7 Å². The zero-order valence-electron chi connectivity index (χ0n) is 12.0. The highest BCUT2D eigenvalue weighted by Crippen LogP contribution is 2.26. The van der Waals surface area contributed by atoms with Gasteiger partial charge in [0.15, 0.2) is 9.84 Å². The molecule has 0 atom stereocenters. The number of rotatable bonds is 5. The molecule has 1 aliphatic carbocycles. The maximum Gasteiger partial charge on any atom is 0.180 e. The van der Waals surface area contributed by atoms with Crippen molar-refractivity contribution in [2.75, 3.05) is 17.6 Å². The molecule has 0 bridgehead atoms. The molecule has 3 N–H and O–H groups in total. The smallest absolute Gasteiger partial charge is 0.180 e. The lowest BCUT2D eigenvalue weighted by Crippen LogP contribution is -2.29. The van der Waals surface area contributed by atoms with E-state index in [0.717, 1.165) is 37.9 Å². The lowest BCUT2D eigenvalue weighted by atomic mass is 9.86. The number of nitrogens with one attached hydrogen (secondary N) is 1. The minimum Gasteiger partial charge on any atom is -0.384 e. The van der Waals surface area contributed by atoms with Gasteiger partial charge in [-0.15, -0.1) is 0 Å². The summed E-state index contributed by atoms with van der Waals surface area (Å²) in [4.78, 5) is 0.412. The van der Waals surface area contributed by atoms with Crippen LogP contribution >= 0.6 is 0 Å². The van der Waals surface area contributed by atoms with E-state index in [4.69, 9.17) is 5.73 Å². The molecule has 4 nitrogen and oxygen atoms in total. The van der Waals surface area contributed by atoms with Gasteiger partial charge in [-0.05, 0) is 43.7 Å². The predicted octanol–water partition coefficient (Wildman–Crippen LogP) is 2.41. The summed E-state index contributed by atoms with van der Waals surface area (Å²) in [5.74, 6) is 0.719. The lowest BCUT2D eigenvalue weighted by Gasteiger charge is -2.26. The topological polar surface area (TPSA) is 72.2 Å². The first-order valence-corrected chi connectivity index (χ1v) is 8.99. The second kappa shape index (κ2) is 6.59. The van der Waals surface area contributed by atoms with Crippen LogP contribution in [-0.2, 0) is 9.84 Å². The van der Waals surface area contributed by atoms with E-state index >= 15 is 0 Å². The van der Waals surface area contributed by atoms with Gasteiger partial charge in [0.2, 0.25) is 0 Å². The Kier molecular flexibility index (Phi) is 5.05. The SMILES string of the molecule is CCS(=O)(=O)c1ccccc1NCC1CCC(N)CC1. The number of hydrogen-bond acceptors (Lipinski definition) is 4. The van der Waals surface area contributed by atoms with Gasteiger partial charge in [0.25, 0.3) is 0 Å². The Labute approximate surface area is 121 Å². The predicted molar refractivity (Wildman–Crippen MR) is 82.6 cm³/mol. The van der Waals surface area contributed by atoms with Crippen LogP contribution in [-0.4, -0.2) is 26.8 Å². The number of nitrogens with two attached hydrogens (primary N) is 1. The number of para-hydroxylation sites is 1.